The standard InChI is InChI=1S/C14H25N3OS/c1-12-4-3-6-17(10-12)11-14-16-9-13(19-14)8-15-5-7-18-2/h9,12,15H,3-8,10-11H2,1-2H3. The predicted octanol–water partition coefficient (Wildman–Crippen LogP) is 2.11. The number of aromatic nitrogens is 1. The minimum Gasteiger partial charge on any atom is -0.383 e. The number of methoxy groups -OCH3 is 1. The summed E-state index contributed by atoms with van der Waals surface area (Å²) < 4.78 is 5.01. The molecule has 1 fully saturated rings. The third-order valence-corrected chi connectivity index (χ3v) is 4.47. The summed E-state index contributed by atoms with van der Waals surface area (Å²) in [5.41, 5.74) is 0. The third kappa shape index (κ3) is 5.18. The van der Waals surface area contributed by atoms with E-state index in [2.05, 4.69) is 22.1 Å². The fourth-order valence-corrected chi connectivity index (χ4v) is 3.45. The van der Waals surface area contributed by atoms with Crippen LogP contribution in [0.1, 0.15) is 29.7 Å². The first-order chi connectivity index (χ1) is 9.28. The monoisotopic (exact) mass is 283 g/mol. The maximum Gasteiger partial charge on any atom is 0.107 e. The number of likely N-dealkylation sites (tertiary alicyclic amines) is 1. The van der Waals surface area contributed by atoms with Gasteiger partial charge in [-0.05, 0) is 25.3 Å². The Morgan fingerprint density at radius 3 is 3.26 bits per heavy atom. The second-order valence-corrected chi connectivity index (χ2v) is 6.57. The van der Waals surface area contributed by atoms with Gasteiger partial charge in [-0.15, -0.1) is 11.3 Å². The van der Waals surface area contributed by atoms with Crippen LogP contribution in [0.2, 0.25) is 0 Å². The molecule has 19 heavy (non-hydrogen) atoms. The Labute approximate surface area is 120 Å². The van der Waals surface area contributed by atoms with Gasteiger partial charge in [-0.3, -0.25) is 4.90 Å². The molecule has 1 aromatic rings. The molecular weight excluding hydrogens is 258 g/mol. The molecule has 4 nitrogen and oxygen atoms in total. The minimum absolute atomic E-state index is 0.761. The van der Waals surface area contributed by atoms with Crippen LogP contribution < -0.4 is 5.32 Å². The first kappa shape index (κ1) is 14.9. The summed E-state index contributed by atoms with van der Waals surface area (Å²) in [6, 6.07) is 0. The van der Waals surface area contributed by atoms with E-state index in [0.717, 1.165) is 32.2 Å². The summed E-state index contributed by atoms with van der Waals surface area (Å²) in [6.07, 6.45) is 4.72. The van der Waals surface area contributed by atoms with Crippen LogP contribution in [0.15, 0.2) is 6.20 Å². The number of rotatable bonds is 7. The van der Waals surface area contributed by atoms with Crippen LogP contribution in [-0.4, -0.2) is 43.2 Å². The molecule has 108 valence electrons. The topological polar surface area (TPSA) is 37.4 Å². The summed E-state index contributed by atoms with van der Waals surface area (Å²) in [6.45, 7) is 8.38. The fraction of sp³-hybridized carbons (Fsp3) is 0.786. The van der Waals surface area contributed by atoms with E-state index in [1.807, 2.05) is 17.5 Å². The van der Waals surface area contributed by atoms with Crippen molar-refractivity contribution in [3.63, 3.8) is 0 Å². The Morgan fingerprint density at radius 2 is 2.47 bits per heavy atom. The van der Waals surface area contributed by atoms with Gasteiger partial charge in [0, 0.05) is 37.8 Å². The predicted molar refractivity (Wildman–Crippen MR) is 79.4 cm³/mol. The SMILES string of the molecule is COCCNCc1cnc(CN2CCCC(C)C2)s1. The number of nitrogens with zero attached hydrogens (tertiary/aromatic N) is 2. The van der Waals surface area contributed by atoms with E-state index >= 15 is 0 Å². The largest absolute Gasteiger partial charge is 0.383 e. The number of hydrogen-bond acceptors (Lipinski definition) is 5. The van der Waals surface area contributed by atoms with E-state index < -0.39 is 0 Å². The van der Waals surface area contributed by atoms with Gasteiger partial charge in [-0.25, -0.2) is 4.98 Å². The zero-order chi connectivity index (χ0) is 13.5. The molecule has 2 rings (SSSR count). The number of nitrogens with one attached hydrogen (secondary N) is 1. The van der Waals surface area contributed by atoms with E-state index in [0.29, 0.717) is 0 Å². The van der Waals surface area contributed by atoms with Crippen molar-refractivity contribution in [1.82, 2.24) is 15.2 Å². The molecule has 1 aromatic heterocycles. The molecule has 1 aliphatic heterocycles. The Morgan fingerprint density at radius 1 is 1.58 bits per heavy atom. The molecule has 0 bridgehead atoms. The molecule has 0 radical (unpaired) electrons. The molecule has 0 aromatic carbocycles. The average molecular weight is 283 g/mol. The highest BCUT2D eigenvalue weighted by atomic mass is 32.1. The molecule has 1 N–H and O–H groups in total. The molecule has 1 atom stereocenters. The van der Waals surface area contributed by atoms with Crippen LogP contribution in [0.4, 0.5) is 0 Å². The Kier molecular flexibility index (Phi) is 6.23. The molecule has 0 saturated carbocycles. The van der Waals surface area contributed by atoms with Gasteiger partial charge in [0.25, 0.3) is 0 Å². The summed E-state index contributed by atoms with van der Waals surface area (Å²) in [4.78, 5) is 8.39. The Bertz CT molecular complexity index is 369. The van der Waals surface area contributed by atoms with Crippen LogP contribution >= 0.6 is 11.3 Å². The zero-order valence-corrected chi connectivity index (χ0v) is 12.8. The maximum atomic E-state index is 5.01. The average Bonchev–Trinajstić information content (AvgIpc) is 2.82. The molecule has 0 aliphatic carbocycles. The molecule has 0 spiro atoms. The molecule has 1 aliphatic rings. The van der Waals surface area contributed by atoms with Crippen molar-refractivity contribution in [3.05, 3.63) is 16.1 Å². The van der Waals surface area contributed by atoms with Gasteiger partial charge in [-0.1, -0.05) is 6.92 Å². The number of hydrogen-bond donors (Lipinski definition) is 1. The van der Waals surface area contributed by atoms with Gasteiger partial charge in [0.05, 0.1) is 13.2 Å². The smallest absolute Gasteiger partial charge is 0.107 e. The van der Waals surface area contributed by atoms with Gasteiger partial charge in [0.15, 0.2) is 0 Å². The summed E-state index contributed by atoms with van der Waals surface area (Å²) in [7, 11) is 1.73. The van der Waals surface area contributed by atoms with E-state index in [9.17, 15) is 0 Å². The van der Waals surface area contributed by atoms with Crippen LogP contribution in [0, 0.1) is 5.92 Å². The van der Waals surface area contributed by atoms with E-state index in [4.69, 9.17) is 4.74 Å². The van der Waals surface area contributed by atoms with Crippen molar-refractivity contribution in [1.29, 1.82) is 0 Å². The molecule has 1 unspecified atom stereocenters. The van der Waals surface area contributed by atoms with Crippen LogP contribution in [0.25, 0.3) is 0 Å². The summed E-state index contributed by atoms with van der Waals surface area (Å²) >= 11 is 1.83. The molecule has 2 heterocycles. The zero-order valence-electron chi connectivity index (χ0n) is 12.0. The van der Waals surface area contributed by atoms with Crippen molar-refractivity contribution >= 4 is 11.3 Å². The van der Waals surface area contributed by atoms with Crippen molar-refractivity contribution in [2.45, 2.75) is 32.9 Å². The fourth-order valence-electron chi connectivity index (χ4n) is 2.51. The molecule has 0 amide bonds. The van der Waals surface area contributed by atoms with Gasteiger partial charge in [0.2, 0.25) is 0 Å². The second-order valence-electron chi connectivity index (χ2n) is 5.37. The first-order valence-corrected chi connectivity index (χ1v) is 7.95. The van der Waals surface area contributed by atoms with Gasteiger partial charge < -0.3 is 10.1 Å². The first-order valence-electron chi connectivity index (χ1n) is 7.13. The maximum absolute atomic E-state index is 5.01. The van der Waals surface area contributed by atoms with Gasteiger partial charge in [-0.2, -0.15) is 0 Å². The normalized spacial score (nSPS) is 20.8. The number of ether oxygens (including phenoxy) is 1. The Hall–Kier alpha value is -0.490. The highest BCUT2D eigenvalue weighted by Crippen LogP contribution is 2.20. The minimum atomic E-state index is 0.761. The third-order valence-electron chi connectivity index (χ3n) is 3.48. The second kappa shape index (κ2) is 7.94. The quantitative estimate of drug-likeness (QED) is 0.778. The van der Waals surface area contributed by atoms with Gasteiger partial charge in [0.1, 0.15) is 5.01 Å². The van der Waals surface area contributed by atoms with E-state index in [-0.39, 0.29) is 0 Å². The van der Waals surface area contributed by atoms with E-state index in [1.54, 1.807) is 7.11 Å². The lowest BCUT2D eigenvalue weighted by atomic mass is 10.0. The summed E-state index contributed by atoms with van der Waals surface area (Å²) in [5.74, 6) is 0.837. The number of piperidine rings is 1. The van der Waals surface area contributed by atoms with E-state index in [1.165, 1.54) is 35.8 Å². The highest BCUT2D eigenvalue weighted by Gasteiger charge is 2.17. The van der Waals surface area contributed by atoms with Crippen molar-refractivity contribution in [2.24, 2.45) is 5.92 Å². The summed E-state index contributed by atoms with van der Waals surface area (Å²) in [5, 5.41) is 4.61. The molecule has 1 saturated heterocycles. The lowest BCUT2D eigenvalue weighted by Gasteiger charge is -2.29. The van der Waals surface area contributed by atoms with Crippen LogP contribution in [0.5, 0.6) is 0 Å². The highest BCUT2D eigenvalue weighted by molar-refractivity contribution is 7.11. The lowest BCUT2D eigenvalue weighted by molar-refractivity contribution is 0.176. The Balaban J connectivity index is 1.73. The molecule has 5 heteroatoms. The number of thiazole rings is 1. The van der Waals surface area contributed by atoms with Crippen molar-refractivity contribution < 1.29 is 4.74 Å². The molecular formula is C14H25N3OS. The van der Waals surface area contributed by atoms with Crippen LogP contribution in [-0.2, 0) is 17.8 Å². The lowest BCUT2D eigenvalue weighted by Crippen LogP contribution is -2.33. The van der Waals surface area contributed by atoms with Crippen molar-refractivity contribution in [2.75, 3.05) is 33.4 Å². The van der Waals surface area contributed by atoms with Crippen molar-refractivity contribution in [3.8, 4) is 0 Å². The van der Waals surface area contributed by atoms with Crippen LogP contribution in [0.3, 0.4) is 0 Å². The van der Waals surface area contributed by atoms with Gasteiger partial charge >= 0.3 is 0 Å².